The van der Waals surface area contributed by atoms with E-state index in [4.69, 9.17) is 18.5 Å². The number of hydrogen-bond acceptors (Lipinski definition) is 7. The van der Waals surface area contributed by atoms with Gasteiger partial charge in [-0.2, -0.15) is 0 Å². The molecule has 1 atom stereocenters. The number of rotatable bonds is 7. The second kappa shape index (κ2) is 10.9. The lowest BCUT2D eigenvalue weighted by atomic mass is 9.74. The third kappa shape index (κ3) is 6.71. The SMILES string of the molecule is CC(C)(C)OC(=O)N1CCN(CCC(=O)N[C@@H](Cc2coc3ccccc23)B2OC(C)(C)C(C)(C)O2)CC1. The minimum Gasteiger partial charge on any atom is -0.464 e. The monoisotopic (exact) mass is 527 g/mol. The van der Waals surface area contributed by atoms with Gasteiger partial charge < -0.3 is 28.7 Å². The zero-order valence-corrected chi connectivity index (χ0v) is 23.8. The van der Waals surface area contributed by atoms with Gasteiger partial charge in [0.2, 0.25) is 5.91 Å². The molecule has 0 radical (unpaired) electrons. The number of ether oxygens (including phenoxy) is 1. The van der Waals surface area contributed by atoms with Gasteiger partial charge >= 0.3 is 13.2 Å². The van der Waals surface area contributed by atoms with Crippen LogP contribution in [0.1, 0.15) is 60.5 Å². The number of carbonyl (C=O) groups is 2. The normalized spacial score (nSPS) is 20.5. The molecular weight excluding hydrogens is 485 g/mol. The molecule has 1 N–H and O–H groups in total. The van der Waals surface area contributed by atoms with Crippen molar-refractivity contribution < 1.29 is 28.1 Å². The van der Waals surface area contributed by atoms with Gasteiger partial charge in [-0.15, -0.1) is 0 Å². The third-order valence-corrected chi connectivity index (χ3v) is 7.63. The van der Waals surface area contributed by atoms with Crippen molar-refractivity contribution in [1.29, 1.82) is 0 Å². The van der Waals surface area contributed by atoms with Crippen molar-refractivity contribution in [1.82, 2.24) is 15.1 Å². The molecule has 2 aliphatic heterocycles. The van der Waals surface area contributed by atoms with Crippen LogP contribution >= 0.6 is 0 Å². The van der Waals surface area contributed by atoms with E-state index in [-0.39, 0.29) is 17.9 Å². The van der Waals surface area contributed by atoms with E-state index in [9.17, 15) is 9.59 Å². The maximum atomic E-state index is 13.1. The van der Waals surface area contributed by atoms with Gasteiger partial charge in [0.05, 0.1) is 23.4 Å². The zero-order valence-electron chi connectivity index (χ0n) is 23.8. The van der Waals surface area contributed by atoms with Crippen LogP contribution in [0.3, 0.4) is 0 Å². The Labute approximate surface area is 226 Å². The quantitative estimate of drug-likeness (QED) is 0.544. The molecule has 0 bridgehead atoms. The lowest BCUT2D eigenvalue weighted by molar-refractivity contribution is -0.122. The Morgan fingerprint density at radius 1 is 1.05 bits per heavy atom. The van der Waals surface area contributed by atoms with E-state index in [1.165, 1.54) is 0 Å². The Bertz CT molecular complexity index is 1120. The number of amides is 2. The first kappa shape index (κ1) is 28.5. The number of hydrogen-bond donors (Lipinski definition) is 1. The van der Waals surface area contributed by atoms with Crippen molar-refractivity contribution in [3.05, 3.63) is 36.1 Å². The van der Waals surface area contributed by atoms with Gasteiger partial charge in [0.1, 0.15) is 11.2 Å². The summed E-state index contributed by atoms with van der Waals surface area (Å²) < 4.78 is 23.9. The van der Waals surface area contributed by atoms with Crippen LogP contribution < -0.4 is 5.32 Å². The van der Waals surface area contributed by atoms with Gasteiger partial charge in [0.15, 0.2) is 0 Å². The Morgan fingerprint density at radius 2 is 1.68 bits per heavy atom. The van der Waals surface area contributed by atoms with Gasteiger partial charge in [-0.1, -0.05) is 18.2 Å². The van der Waals surface area contributed by atoms with Crippen molar-refractivity contribution in [2.24, 2.45) is 0 Å². The van der Waals surface area contributed by atoms with Crippen molar-refractivity contribution in [3.63, 3.8) is 0 Å². The smallest absolute Gasteiger partial charge is 0.464 e. The Balaban J connectivity index is 1.35. The zero-order chi connectivity index (χ0) is 27.7. The average molecular weight is 527 g/mol. The summed E-state index contributed by atoms with van der Waals surface area (Å²) in [5, 5.41) is 4.21. The summed E-state index contributed by atoms with van der Waals surface area (Å²) in [7, 11) is -0.588. The molecule has 2 fully saturated rings. The van der Waals surface area contributed by atoms with Crippen LogP contribution in [-0.2, 0) is 25.3 Å². The van der Waals surface area contributed by atoms with E-state index < -0.39 is 23.9 Å². The van der Waals surface area contributed by atoms with Gasteiger partial charge in [0, 0.05) is 44.5 Å². The molecule has 2 saturated heterocycles. The highest BCUT2D eigenvalue weighted by Crippen LogP contribution is 2.38. The largest absolute Gasteiger partial charge is 0.482 e. The van der Waals surface area contributed by atoms with Crippen LogP contribution in [0.25, 0.3) is 11.0 Å². The molecule has 1 aromatic heterocycles. The van der Waals surface area contributed by atoms with Gasteiger partial charge in [-0.25, -0.2) is 4.79 Å². The fourth-order valence-corrected chi connectivity index (χ4v) is 4.72. The highest BCUT2D eigenvalue weighted by molar-refractivity contribution is 6.48. The summed E-state index contributed by atoms with van der Waals surface area (Å²) in [5.74, 6) is -0.444. The number of nitrogens with one attached hydrogen (secondary N) is 1. The van der Waals surface area contributed by atoms with Crippen LogP contribution in [0, 0.1) is 0 Å². The summed E-state index contributed by atoms with van der Waals surface area (Å²) in [6.45, 7) is 16.8. The van der Waals surface area contributed by atoms with E-state index in [1.54, 1.807) is 11.2 Å². The first-order valence-electron chi connectivity index (χ1n) is 13.5. The molecule has 2 aromatic rings. The molecule has 3 heterocycles. The number of carbonyl (C=O) groups excluding carboxylic acids is 2. The molecule has 2 aliphatic rings. The summed E-state index contributed by atoms with van der Waals surface area (Å²) in [6, 6.07) is 7.88. The van der Waals surface area contributed by atoms with Gasteiger partial charge in [0.25, 0.3) is 0 Å². The van der Waals surface area contributed by atoms with Crippen LogP contribution in [0.5, 0.6) is 0 Å². The van der Waals surface area contributed by atoms with Crippen LogP contribution in [-0.4, -0.2) is 84.4 Å². The molecule has 208 valence electrons. The fraction of sp³-hybridized carbons (Fsp3) is 0.643. The first-order valence-corrected chi connectivity index (χ1v) is 13.5. The molecule has 0 aliphatic carbocycles. The first-order chi connectivity index (χ1) is 17.7. The summed E-state index contributed by atoms with van der Waals surface area (Å²) in [5.41, 5.74) is 0.286. The second-order valence-corrected chi connectivity index (χ2v) is 12.3. The molecule has 0 spiro atoms. The Hall–Kier alpha value is -2.56. The number of nitrogens with zero attached hydrogens (tertiary/aromatic N) is 2. The number of furan rings is 1. The van der Waals surface area contributed by atoms with Crippen molar-refractivity contribution in [2.45, 2.75) is 84.1 Å². The second-order valence-electron chi connectivity index (χ2n) is 12.3. The van der Waals surface area contributed by atoms with Crippen molar-refractivity contribution in [2.75, 3.05) is 32.7 Å². The number of benzene rings is 1. The Kier molecular flexibility index (Phi) is 8.16. The van der Waals surface area contributed by atoms with Crippen LogP contribution in [0.2, 0.25) is 0 Å². The van der Waals surface area contributed by atoms with Gasteiger partial charge in [-0.3, -0.25) is 9.69 Å². The highest BCUT2D eigenvalue weighted by Gasteiger charge is 2.54. The maximum absolute atomic E-state index is 13.1. The number of para-hydroxylation sites is 1. The number of piperazine rings is 1. The third-order valence-electron chi connectivity index (χ3n) is 7.63. The lowest BCUT2D eigenvalue weighted by Crippen LogP contribution is -2.52. The predicted octanol–water partition coefficient (Wildman–Crippen LogP) is 4.03. The van der Waals surface area contributed by atoms with Gasteiger partial charge in [-0.05, 0) is 66.5 Å². The molecular formula is C28H42BN3O6. The Morgan fingerprint density at radius 3 is 2.32 bits per heavy atom. The summed E-state index contributed by atoms with van der Waals surface area (Å²) in [6.07, 6.45) is 2.33. The molecule has 1 aromatic carbocycles. The molecule has 2 amide bonds. The van der Waals surface area contributed by atoms with Crippen LogP contribution in [0.15, 0.2) is 34.9 Å². The molecule has 10 heteroatoms. The predicted molar refractivity (Wildman–Crippen MR) is 147 cm³/mol. The lowest BCUT2D eigenvalue weighted by Gasteiger charge is -2.35. The molecule has 4 rings (SSSR count). The molecule has 0 unspecified atom stereocenters. The minimum atomic E-state index is -0.588. The minimum absolute atomic E-state index is 0.0629. The molecule has 9 nitrogen and oxygen atoms in total. The van der Waals surface area contributed by atoms with E-state index in [1.807, 2.05) is 72.7 Å². The van der Waals surface area contributed by atoms with Crippen molar-refractivity contribution >= 4 is 30.1 Å². The fourth-order valence-electron chi connectivity index (χ4n) is 4.72. The van der Waals surface area contributed by atoms with E-state index in [2.05, 4.69) is 10.2 Å². The number of fused-ring (bicyclic) bond motifs is 1. The van der Waals surface area contributed by atoms with E-state index >= 15 is 0 Å². The summed E-state index contributed by atoms with van der Waals surface area (Å²) >= 11 is 0. The van der Waals surface area contributed by atoms with Crippen molar-refractivity contribution in [3.8, 4) is 0 Å². The topological polar surface area (TPSA) is 93.5 Å². The highest BCUT2D eigenvalue weighted by atomic mass is 16.7. The molecule has 38 heavy (non-hydrogen) atoms. The van der Waals surface area contributed by atoms with E-state index in [0.29, 0.717) is 45.6 Å². The molecule has 0 saturated carbocycles. The van der Waals surface area contributed by atoms with Crippen LogP contribution in [0.4, 0.5) is 4.79 Å². The average Bonchev–Trinajstić information content (AvgIpc) is 3.33. The maximum Gasteiger partial charge on any atom is 0.482 e. The van der Waals surface area contributed by atoms with E-state index in [0.717, 1.165) is 16.5 Å². The summed E-state index contributed by atoms with van der Waals surface area (Å²) in [4.78, 5) is 29.4. The standard InChI is InChI=1S/C28H42BN3O6/c1-26(2,3)36-25(34)32-16-14-31(15-17-32)13-12-24(33)30-23(29-37-27(4,5)28(6,7)38-29)18-20-19-35-22-11-9-8-10-21(20)22/h8-11,19,23H,12-18H2,1-7H3,(H,30,33)/t23-/m0/s1.